The Kier molecular flexibility index (Phi) is 6.60. The van der Waals surface area contributed by atoms with Crippen LogP contribution in [-0.4, -0.2) is 37.0 Å². The quantitative estimate of drug-likeness (QED) is 0.695. The lowest BCUT2D eigenvalue weighted by molar-refractivity contribution is 0.0665. The summed E-state index contributed by atoms with van der Waals surface area (Å²) in [7, 11) is 1.94. The summed E-state index contributed by atoms with van der Waals surface area (Å²) >= 11 is 0. The first-order valence-electron chi connectivity index (χ1n) is 9.41. The van der Waals surface area contributed by atoms with E-state index in [9.17, 15) is 4.79 Å². The normalized spacial score (nSPS) is 16.6. The predicted octanol–water partition coefficient (Wildman–Crippen LogP) is 4.26. The monoisotopic (exact) mass is 400 g/mol. The van der Waals surface area contributed by atoms with Gasteiger partial charge >= 0.3 is 0 Å². The zero-order valence-corrected chi connectivity index (χ0v) is 16.7. The van der Waals surface area contributed by atoms with Crippen LogP contribution in [0.2, 0.25) is 0 Å². The fourth-order valence-corrected chi connectivity index (χ4v) is 3.63. The molecule has 2 aromatic carbocycles. The van der Waals surface area contributed by atoms with Gasteiger partial charge in [-0.2, -0.15) is 0 Å². The Morgan fingerprint density at radius 1 is 1.18 bits per heavy atom. The summed E-state index contributed by atoms with van der Waals surface area (Å²) < 4.78 is 11.9. The van der Waals surface area contributed by atoms with Crippen LogP contribution in [0.4, 0.5) is 0 Å². The van der Waals surface area contributed by atoms with Crippen molar-refractivity contribution in [3.8, 4) is 5.75 Å². The summed E-state index contributed by atoms with van der Waals surface area (Å²) in [6, 6.07) is 17.7. The number of likely N-dealkylation sites (tertiary alicyclic amines) is 1. The highest BCUT2D eigenvalue weighted by atomic mass is 35.5. The van der Waals surface area contributed by atoms with Gasteiger partial charge in [-0.05, 0) is 38.1 Å². The van der Waals surface area contributed by atoms with E-state index in [1.165, 1.54) is 0 Å². The molecular formula is C22H25ClN2O3. The number of carbonyl (C=O) groups is 1. The minimum Gasteiger partial charge on any atom is -0.489 e. The van der Waals surface area contributed by atoms with E-state index in [1.54, 1.807) is 0 Å². The molecule has 0 bridgehead atoms. The van der Waals surface area contributed by atoms with Gasteiger partial charge in [0.05, 0.1) is 0 Å². The van der Waals surface area contributed by atoms with Gasteiger partial charge in [0.15, 0.2) is 5.76 Å². The topological polar surface area (TPSA) is 54.7 Å². The number of rotatable bonds is 5. The van der Waals surface area contributed by atoms with Crippen LogP contribution >= 0.6 is 12.4 Å². The second-order valence-corrected chi connectivity index (χ2v) is 6.89. The third-order valence-corrected chi connectivity index (χ3v) is 5.14. The number of fused-ring (bicyclic) bond motifs is 1. The van der Waals surface area contributed by atoms with Crippen LogP contribution in [0.5, 0.6) is 5.75 Å². The Balaban J connectivity index is 0.00000225. The molecule has 1 atom stereocenters. The summed E-state index contributed by atoms with van der Waals surface area (Å²) in [6.07, 6.45) is 2.08. The maximum Gasteiger partial charge on any atom is 0.290 e. The third-order valence-electron chi connectivity index (χ3n) is 5.14. The minimum absolute atomic E-state index is 0. The molecule has 1 N–H and O–H groups in total. The Hall–Kier alpha value is -2.50. The number of para-hydroxylation sites is 2. The molecule has 1 amide bonds. The van der Waals surface area contributed by atoms with Crippen molar-refractivity contribution in [1.29, 1.82) is 0 Å². The molecule has 1 fully saturated rings. The van der Waals surface area contributed by atoms with Gasteiger partial charge in [-0.1, -0.05) is 36.4 Å². The van der Waals surface area contributed by atoms with Crippen LogP contribution in [0, 0.1) is 0 Å². The fourth-order valence-electron chi connectivity index (χ4n) is 3.63. The number of ether oxygens (including phenoxy) is 1. The van der Waals surface area contributed by atoms with Gasteiger partial charge in [0, 0.05) is 30.1 Å². The SMILES string of the molecule is CNC1CCCN(C(=O)c2oc3ccccc3c2COc2ccccc2)C1.Cl. The summed E-state index contributed by atoms with van der Waals surface area (Å²) in [4.78, 5) is 15.1. The number of halogens is 1. The number of hydrogen-bond acceptors (Lipinski definition) is 4. The maximum absolute atomic E-state index is 13.2. The summed E-state index contributed by atoms with van der Waals surface area (Å²) in [5.41, 5.74) is 1.53. The van der Waals surface area contributed by atoms with E-state index in [0.29, 0.717) is 25.0 Å². The molecule has 1 saturated heterocycles. The number of piperidine rings is 1. The fraction of sp³-hybridized carbons (Fsp3) is 0.318. The van der Waals surface area contributed by atoms with Crippen LogP contribution in [0.25, 0.3) is 11.0 Å². The van der Waals surface area contributed by atoms with Crippen LogP contribution < -0.4 is 10.1 Å². The molecule has 5 nitrogen and oxygen atoms in total. The highest BCUT2D eigenvalue weighted by Crippen LogP contribution is 2.29. The second-order valence-electron chi connectivity index (χ2n) is 6.89. The van der Waals surface area contributed by atoms with Crippen LogP contribution in [-0.2, 0) is 6.61 Å². The van der Waals surface area contributed by atoms with Gasteiger partial charge in [0.1, 0.15) is 17.9 Å². The largest absolute Gasteiger partial charge is 0.489 e. The molecule has 2 heterocycles. The summed E-state index contributed by atoms with van der Waals surface area (Å²) in [5, 5.41) is 4.21. The number of benzene rings is 2. The van der Waals surface area contributed by atoms with Gasteiger partial charge < -0.3 is 19.4 Å². The van der Waals surface area contributed by atoms with E-state index < -0.39 is 0 Å². The summed E-state index contributed by atoms with van der Waals surface area (Å²) in [5.74, 6) is 1.11. The molecule has 0 radical (unpaired) electrons. The first-order valence-corrected chi connectivity index (χ1v) is 9.41. The van der Waals surface area contributed by atoms with Crippen molar-refractivity contribution in [3.05, 3.63) is 65.9 Å². The number of nitrogens with zero attached hydrogens (tertiary/aromatic N) is 1. The molecule has 148 valence electrons. The second kappa shape index (κ2) is 9.13. The van der Waals surface area contributed by atoms with Gasteiger partial charge in [-0.15, -0.1) is 12.4 Å². The number of carbonyl (C=O) groups excluding carboxylic acids is 1. The van der Waals surface area contributed by atoms with Crippen molar-refractivity contribution in [1.82, 2.24) is 10.2 Å². The van der Waals surface area contributed by atoms with Crippen LogP contribution in [0.3, 0.4) is 0 Å². The zero-order chi connectivity index (χ0) is 18.6. The minimum atomic E-state index is -0.0576. The molecule has 0 saturated carbocycles. The Bertz CT molecular complexity index is 926. The molecule has 6 heteroatoms. The number of furan rings is 1. The lowest BCUT2D eigenvalue weighted by Gasteiger charge is -2.32. The molecule has 1 aliphatic rings. The Morgan fingerprint density at radius 2 is 1.93 bits per heavy atom. The van der Waals surface area contributed by atoms with Crippen LogP contribution in [0.1, 0.15) is 29.0 Å². The standard InChI is InChI=1S/C22H24N2O3.ClH/c1-23-16-8-7-13-24(14-16)22(25)21-19(15-26-17-9-3-2-4-10-17)18-11-5-6-12-20(18)27-21;/h2-6,9-12,16,23H,7-8,13-15H2,1H3;1H. The van der Waals surface area contributed by atoms with Crippen molar-refractivity contribution in [3.63, 3.8) is 0 Å². The maximum atomic E-state index is 13.2. The van der Waals surface area contributed by atoms with E-state index >= 15 is 0 Å². The third kappa shape index (κ3) is 4.16. The van der Waals surface area contributed by atoms with Gasteiger partial charge in [-0.3, -0.25) is 4.79 Å². The average molecular weight is 401 g/mol. The first kappa shape index (κ1) is 20.2. The predicted molar refractivity (Wildman–Crippen MR) is 112 cm³/mol. The number of likely N-dealkylation sites (N-methyl/N-ethyl adjacent to an activating group) is 1. The Labute approximate surface area is 171 Å². The van der Waals surface area contributed by atoms with Gasteiger partial charge in [0.2, 0.25) is 0 Å². The van der Waals surface area contributed by atoms with E-state index in [0.717, 1.165) is 41.7 Å². The first-order chi connectivity index (χ1) is 13.3. The lowest BCUT2D eigenvalue weighted by Crippen LogP contribution is -2.47. The van der Waals surface area contributed by atoms with Gasteiger partial charge in [-0.25, -0.2) is 0 Å². The highest BCUT2D eigenvalue weighted by molar-refractivity contribution is 5.99. The van der Waals surface area contributed by atoms with E-state index in [2.05, 4.69) is 5.32 Å². The zero-order valence-electron chi connectivity index (χ0n) is 15.9. The number of nitrogens with one attached hydrogen (secondary N) is 1. The van der Waals surface area contributed by atoms with E-state index in [4.69, 9.17) is 9.15 Å². The Morgan fingerprint density at radius 3 is 2.71 bits per heavy atom. The molecule has 28 heavy (non-hydrogen) atoms. The smallest absolute Gasteiger partial charge is 0.290 e. The van der Waals surface area contributed by atoms with Crippen molar-refractivity contribution < 1.29 is 13.9 Å². The molecule has 1 aromatic heterocycles. The van der Waals surface area contributed by atoms with E-state index in [-0.39, 0.29) is 18.3 Å². The molecule has 1 unspecified atom stereocenters. The molecule has 1 aliphatic heterocycles. The van der Waals surface area contributed by atoms with Crippen molar-refractivity contribution in [2.24, 2.45) is 0 Å². The number of hydrogen-bond donors (Lipinski definition) is 1. The van der Waals surface area contributed by atoms with Crippen molar-refractivity contribution >= 4 is 29.3 Å². The molecule has 0 spiro atoms. The average Bonchev–Trinajstić information content (AvgIpc) is 3.11. The van der Waals surface area contributed by atoms with Crippen molar-refractivity contribution in [2.75, 3.05) is 20.1 Å². The molecular weight excluding hydrogens is 376 g/mol. The van der Waals surface area contributed by atoms with Gasteiger partial charge in [0.25, 0.3) is 5.91 Å². The van der Waals surface area contributed by atoms with Crippen molar-refractivity contribution in [2.45, 2.75) is 25.5 Å². The van der Waals surface area contributed by atoms with Crippen LogP contribution in [0.15, 0.2) is 59.0 Å². The summed E-state index contributed by atoms with van der Waals surface area (Å²) in [6.45, 7) is 1.75. The number of amides is 1. The molecule has 0 aliphatic carbocycles. The molecule has 3 aromatic rings. The van der Waals surface area contributed by atoms with E-state index in [1.807, 2.05) is 66.5 Å². The highest BCUT2D eigenvalue weighted by Gasteiger charge is 2.29. The molecule has 4 rings (SSSR count). The lowest BCUT2D eigenvalue weighted by atomic mass is 10.0.